The van der Waals surface area contributed by atoms with Crippen molar-refractivity contribution in [3.8, 4) is 0 Å². The number of nitrogens with one attached hydrogen (secondary N) is 1. The van der Waals surface area contributed by atoms with Crippen molar-refractivity contribution in [1.29, 1.82) is 0 Å². The van der Waals surface area contributed by atoms with Gasteiger partial charge in [-0.1, -0.05) is 13.8 Å². The summed E-state index contributed by atoms with van der Waals surface area (Å²) in [5.74, 6) is 0.625. The molecule has 1 aliphatic carbocycles. The molecule has 0 heterocycles. The predicted octanol–water partition coefficient (Wildman–Crippen LogP) is 2.97. The summed E-state index contributed by atoms with van der Waals surface area (Å²) in [6.45, 7) is 13.3. The second-order valence-corrected chi connectivity index (χ2v) is 6.27. The molecule has 0 aromatic rings. The topological polar surface area (TPSA) is 21.3 Å². The lowest BCUT2D eigenvalue weighted by Gasteiger charge is -2.41. The van der Waals surface area contributed by atoms with Crippen molar-refractivity contribution in [2.45, 2.75) is 78.2 Å². The third kappa shape index (κ3) is 4.52. The Morgan fingerprint density at radius 2 is 1.67 bits per heavy atom. The number of ether oxygens (including phenoxy) is 1. The molecule has 0 spiro atoms. The summed E-state index contributed by atoms with van der Waals surface area (Å²) in [5.41, 5.74) is 0.235. The van der Waals surface area contributed by atoms with E-state index in [0.29, 0.717) is 24.2 Å². The lowest BCUT2D eigenvalue weighted by Crippen LogP contribution is -2.53. The second kappa shape index (κ2) is 4.84. The van der Waals surface area contributed by atoms with E-state index in [4.69, 9.17) is 4.74 Å². The van der Waals surface area contributed by atoms with Gasteiger partial charge in [0.15, 0.2) is 0 Å². The molecule has 0 aliphatic heterocycles. The fourth-order valence-electron chi connectivity index (χ4n) is 1.87. The summed E-state index contributed by atoms with van der Waals surface area (Å²) >= 11 is 0. The average Bonchev–Trinajstić information content (AvgIpc) is 1.97. The summed E-state index contributed by atoms with van der Waals surface area (Å²) in [7, 11) is 0. The highest BCUT2D eigenvalue weighted by molar-refractivity contribution is 4.90. The fraction of sp³-hybridized carbons (Fsp3) is 1.00. The van der Waals surface area contributed by atoms with Crippen LogP contribution in [0.3, 0.4) is 0 Å². The first kappa shape index (κ1) is 13.0. The number of rotatable bonds is 4. The summed E-state index contributed by atoms with van der Waals surface area (Å²) < 4.78 is 5.95. The van der Waals surface area contributed by atoms with Gasteiger partial charge in [0, 0.05) is 11.6 Å². The van der Waals surface area contributed by atoms with Crippen molar-refractivity contribution in [3.63, 3.8) is 0 Å². The first-order chi connectivity index (χ1) is 6.78. The van der Waals surface area contributed by atoms with Crippen molar-refractivity contribution in [2.24, 2.45) is 5.92 Å². The highest BCUT2D eigenvalue weighted by atomic mass is 16.5. The summed E-state index contributed by atoms with van der Waals surface area (Å²) in [6.07, 6.45) is 3.23. The zero-order valence-electron chi connectivity index (χ0n) is 11.1. The van der Waals surface area contributed by atoms with Crippen LogP contribution in [0.1, 0.15) is 54.4 Å². The Morgan fingerprint density at radius 1 is 1.13 bits per heavy atom. The van der Waals surface area contributed by atoms with Gasteiger partial charge in [0.25, 0.3) is 0 Å². The van der Waals surface area contributed by atoms with Gasteiger partial charge in [-0.3, -0.25) is 0 Å². The maximum Gasteiger partial charge on any atom is 0.0608 e. The van der Waals surface area contributed by atoms with Gasteiger partial charge in [0.1, 0.15) is 0 Å². The minimum atomic E-state index is 0.235. The Bertz CT molecular complexity index is 189. The maximum atomic E-state index is 5.95. The van der Waals surface area contributed by atoms with E-state index in [1.165, 1.54) is 12.8 Å². The second-order valence-electron chi connectivity index (χ2n) is 6.27. The molecule has 0 aromatic carbocycles. The van der Waals surface area contributed by atoms with Crippen LogP contribution in [-0.2, 0) is 4.74 Å². The minimum Gasteiger partial charge on any atom is -0.375 e. The van der Waals surface area contributed by atoms with Crippen LogP contribution < -0.4 is 5.32 Å². The Labute approximate surface area is 94.8 Å². The SMILES string of the molecule is CC(C)C(C)OC1CC(NC(C)(C)C)C1. The Kier molecular flexibility index (Phi) is 4.19. The molecule has 1 unspecified atom stereocenters. The molecular formula is C13H27NO. The normalized spacial score (nSPS) is 29.0. The van der Waals surface area contributed by atoms with Crippen LogP contribution in [0.25, 0.3) is 0 Å². The summed E-state index contributed by atoms with van der Waals surface area (Å²) in [6, 6.07) is 0.661. The van der Waals surface area contributed by atoms with Crippen molar-refractivity contribution >= 4 is 0 Å². The predicted molar refractivity (Wildman–Crippen MR) is 65.1 cm³/mol. The quantitative estimate of drug-likeness (QED) is 0.775. The van der Waals surface area contributed by atoms with Crippen molar-refractivity contribution in [2.75, 3.05) is 0 Å². The minimum absolute atomic E-state index is 0.235. The Morgan fingerprint density at radius 3 is 2.07 bits per heavy atom. The standard InChI is InChI=1S/C13H27NO/c1-9(2)10(3)15-12-7-11(8-12)14-13(4,5)6/h9-12,14H,7-8H2,1-6H3. The van der Waals surface area contributed by atoms with Crippen molar-refractivity contribution < 1.29 is 4.74 Å². The molecule has 1 saturated carbocycles. The molecule has 2 nitrogen and oxygen atoms in total. The van der Waals surface area contributed by atoms with E-state index in [-0.39, 0.29) is 5.54 Å². The van der Waals surface area contributed by atoms with E-state index in [2.05, 4.69) is 46.9 Å². The third-order valence-corrected chi connectivity index (χ3v) is 3.08. The van der Waals surface area contributed by atoms with Gasteiger partial charge in [-0.15, -0.1) is 0 Å². The number of hydrogen-bond donors (Lipinski definition) is 1. The highest BCUT2D eigenvalue weighted by Gasteiger charge is 2.33. The lowest BCUT2D eigenvalue weighted by molar-refractivity contribution is -0.0762. The first-order valence-electron chi connectivity index (χ1n) is 6.21. The van der Waals surface area contributed by atoms with E-state index >= 15 is 0 Å². The Balaban J connectivity index is 2.15. The molecule has 0 radical (unpaired) electrons. The third-order valence-electron chi connectivity index (χ3n) is 3.08. The largest absolute Gasteiger partial charge is 0.375 e. The van der Waals surface area contributed by atoms with Gasteiger partial charge in [0.2, 0.25) is 0 Å². The first-order valence-corrected chi connectivity index (χ1v) is 6.21. The van der Waals surface area contributed by atoms with Crippen molar-refractivity contribution in [1.82, 2.24) is 5.32 Å². The van der Waals surface area contributed by atoms with Crippen LogP contribution in [0.2, 0.25) is 0 Å². The molecule has 1 rings (SSSR count). The molecule has 1 atom stereocenters. The van der Waals surface area contributed by atoms with Gasteiger partial charge in [-0.25, -0.2) is 0 Å². The molecule has 1 N–H and O–H groups in total. The molecule has 1 aliphatic rings. The maximum absolute atomic E-state index is 5.95. The molecule has 0 aromatic heterocycles. The van der Waals surface area contributed by atoms with E-state index < -0.39 is 0 Å². The molecule has 90 valence electrons. The smallest absolute Gasteiger partial charge is 0.0608 e. The molecule has 1 fully saturated rings. The van der Waals surface area contributed by atoms with Gasteiger partial charge in [-0.2, -0.15) is 0 Å². The van der Waals surface area contributed by atoms with Crippen LogP contribution in [0.15, 0.2) is 0 Å². The van der Waals surface area contributed by atoms with Gasteiger partial charge < -0.3 is 10.1 Å². The zero-order valence-corrected chi connectivity index (χ0v) is 11.1. The van der Waals surface area contributed by atoms with Crippen LogP contribution in [0, 0.1) is 5.92 Å². The molecule has 2 heteroatoms. The monoisotopic (exact) mass is 213 g/mol. The van der Waals surface area contributed by atoms with Crippen LogP contribution in [-0.4, -0.2) is 23.8 Å². The average molecular weight is 213 g/mol. The van der Waals surface area contributed by atoms with E-state index in [9.17, 15) is 0 Å². The summed E-state index contributed by atoms with van der Waals surface area (Å²) in [5, 5.41) is 3.61. The van der Waals surface area contributed by atoms with Crippen LogP contribution in [0.4, 0.5) is 0 Å². The zero-order chi connectivity index (χ0) is 11.6. The van der Waals surface area contributed by atoms with E-state index in [1.54, 1.807) is 0 Å². The van der Waals surface area contributed by atoms with Gasteiger partial charge in [0.05, 0.1) is 12.2 Å². The molecular weight excluding hydrogens is 186 g/mol. The lowest BCUT2D eigenvalue weighted by atomic mass is 9.87. The van der Waals surface area contributed by atoms with Gasteiger partial charge >= 0.3 is 0 Å². The van der Waals surface area contributed by atoms with Gasteiger partial charge in [-0.05, 0) is 46.5 Å². The molecule has 0 bridgehead atoms. The molecule has 15 heavy (non-hydrogen) atoms. The van der Waals surface area contributed by atoms with Crippen LogP contribution in [0.5, 0.6) is 0 Å². The Hall–Kier alpha value is -0.0800. The van der Waals surface area contributed by atoms with E-state index in [0.717, 1.165) is 0 Å². The summed E-state index contributed by atoms with van der Waals surface area (Å²) in [4.78, 5) is 0. The van der Waals surface area contributed by atoms with Crippen molar-refractivity contribution in [3.05, 3.63) is 0 Å². The highest BCUT2D eigenvalue weighted by Crippen LogP contribution is 2.27. The molecule has 0 amide bonds. The van der Waals surface area contributed by atoms with Crippen LogP contribution >= 0.6 is 0 Å². The molecule has 0 saturated heterocycles. The number of hydrogen-bond acceptors (Lipinski definition) is 2. The fourth-order valence-corrected chi connectivity index (χ4v) is 1.87. The van der Waals surface area contributed by atoms with E-state index in [1.807, 2.05) is 0 Å².